The Morgan fingerprint density at radius 3 is 2.40 bits per heavy atom. The van der Waals surface area contributed by atoms with E-state index < -0.39 is 0 Å². The molecule has 3 N–H and O–H groups in total. The molecule has 0 aromatic heterocycles. The number of nitrogens with two attached hydrogens (primary N) is 1. The van der Waals surface area contributed by atoms with Crippen LogP contribution in [0.2, 0.25) is 0 Å². The summed E-state index contributed by atoms with van der Waals surface area (Å²) in [6, 6.07) is 0. The molecule has 1 amide bonds. The Balaban J connectivity index is 2.17. The molecule has 15 heavy (non-hydrogen) atoms. The largest absolute Gasteiger partial charge is 0.355 e. The van der Waals surface area contributed by atoms with Crippen molar-refractivity contribution in [3.63, 3.8) is 0 Å². The molecule has 0 heterocycles. The Bertz CT molecular complexity index is 196. The van der Waals surface area contributed by atoms with Crippen LogP contribution in [-0.2, 0) is 4.79 Å². The van der Waals surface area contributed by atoms with Gasteiger partial charge in [0.25, 0.3) is 0 Å². The molecule has 1 rings (SSSR count). The van der Waals surface area contributed by atoms with Gasteiger partial charge in [-0.15, -0.1) is 0 Å². The van der Waals surface area contributed by atoms with Crippen molar-refractivity contribution in [2.24, 2.45) is 23.5 Å². The molecule has 1 fully saturated rings. The van der Waals surface area contributed by atoms with Crippen LogP contribution < -0.4 is 11.1 Å². The minimum atomic E-state index is -0.0269. The van der Waals surface area contributed by atoms with E-state index in [1.54, 1.807) is 0 Å². The minimum Gasteiger partial charge on any atom is -0.355 e. The zero-order valence-electron chi connectivity index (χ0n) is 9.96. The number of carbonyl (C=O) groups excluding carboxylic acids is 1. The predicted molar refractivity (Wildman–Crippen MR) is 62.4 cm³/mol. The zero-order valence-corrected chi connectivity index (χ0v) is 9.96. The van der Waals surface area contributed by atoms with E-state index in [4.69, 9.17) is 5.73 Å². The molecule has 0 saturated heterocycles. The molecule has 0 spiro atoms. The zero-order chi connectivity index (χ0) is 11.3. The van der Waals surface area contributed by atoms with Crippen molar-refractivity contribution in [3.8, 4) is 0 Å². The normalized spacial score (nSPS) is 26.7. The first-order chi connectivity index (χ1) is 7.13. The van der Waals surface area contributed by atoms with Gasteiger partial charge in [0.05, 0.1) is 6.54 Å². The van der Waals surface area contributed by atoms with Gasteiger partial charge in [-0.05, 0) is 43.4 Å². The average Bonchev–Trinajstić information content (AvgIpc) is 2.26. The second-order valence-electron chi connectivity index (χ2n) is 5.03. The van der Waals surface area contributed by atoms with Gasteiger partial charge in [0.2, 0.25) is 5.91 Å². The molecule has 3 heteroatoms. The molecule has 0 aromatic carbocycles. The number of carbonyl (C=O) groups is 1. The molecule has 0 aliphatic heterocycles. The third kappa shape index (κ3) is 4.20. The van der Waals surface area contributed by atoms with E-state index in [1.165, 1.54) is 25.7 Å². The molecule has 0 unspecified atom stereocenters. The molecule has 0 radical (unpaired) electrons. The highest BCUT2D eigenvalue weighted by Gasteiger charge is 2.23. The fraction of sp³-hybridized carbons (Fsp3) is 0.917. The second kappa shape index (κ2) is 6.11. The van der Waals surface area contributed by atoms with E-state index in [0.29, 0.717) is 5.92 Å². The molecule has 88 valence electrons. The maximum absolute atomic E-state index is 11.0. The molecular weight excluding hydrogens is 188 g/mol. The van der Waals surface area contributed by atoms with Gasteiger partial charge in [-0.3, -0.25) is 4.79 Å². The first kappa shape index (κ1) is 12.5. The molecule has 0 aromatic rings. The van der Waals surface area contributed by atoms with Crippen LogP contribution in [0, 0.1) is 17.8 Å². The summed E-state index contributed by atoms with van der Waals surface area (Å²) in [5.41, 5.74) is 5.24. The number of amides is 1. The van der Waals surface area contributed by atoms with E-state index in [-0.39, 0.29) is 12.5 Å². The fourth-order valence-corrected chi connectivity index (χ4v) is 2.39. The molecule has 0 atom stereocenters. The average molecular weight is 212 g/mol. The van der Waals surface area contributed by atoms with E-state index in [2.05, 4.69) is 19.2 Å². The van der Waals surface area contributed by atoms with E-state index >= 15 is 0 Å². The summed E-state index contributed by atoms with van der Waals surface area (Å²) >= 11 is 0. The van der Waals surface area contributed by atoms with Gasteiger partial charge in [-0.2, -0.15) is 0 Å². The maximum atomic E-state index is 11.0. The van der Waals surface area contributed by atoms with Crippen LogP contribution in [-0.4, -0.2) is 19.0 Å². The first-order valence-electron chi connectivity index (χ1n) is 6.10. The van der Waals surface area contributed by atoms with Crippen molar-refractivity contribution in [2.45, 2.75) is 39.5 Å². The number of nitrogens with one attached hydrogen (secondary N) is 1. The third-order valence-electron chi connectivity index (χ3n) is 3.61. The summed E-state index contributed by atoms with van der Waals surface area (Å²) in [7, 11) is 0. The fourth-order valence-electron chi connectivity index (χ4n) is 2.39. The lowest BCUT2D eigenvalue weighted by atomic mass is 9.77. The van der Waals surface area contributed by atoms with Gasteiger partial charge < -0.3 is 11.1 Å². The van der Waals surface area contributed by atoms with Crippen LogP contribution in [0.15, 0.2) is 0 Å². The van der Waals surface area contributed by atoms with Gasteiger partial charge in [0.15, 0.2) is 0 Å². The van der Waals surface area contributed by atoms with Crippen LogP contribution in [0.4, 0.5) is 0 Å². The predicted octanol–water partition coefficient (Wildman–Crippen LogP) is 1.52. The van der Waals surface area contributed by atoms with Gasteiger partial charge >= 0.3 is 0 Å². The Morgan fingerprint density at radius 2 is 1.93 bits per heavy atom. The van der Waals surface area contributed by atoms with E-state index in [9.17, 15) is 4.79 Å². The lowest BCUT2D eigenvalue weighted by Gasteiger charge is -2.30. The van der Waals surface area contributed by atoms with Crippen LogP contribution in [0.25, 0.3) is 0 Å². The van der Waals surface area contributed by atoms with E-state index in [1.807, 2.05) is 0 Å². The Morgan fingerprint density at radius 1 is 1.33 bits per heavy atom. The van der Waals surface area contributed by atoms with Crippen molar-refractivity contribution >= 4 is 5.91 Å². The van der Waals surface area contributed by atoms with E-state index in [0.717, 1.165) is 18.4 Å². The monoisotopic (exact) mass is 212 g/mol. The van der Waals surface area contributed by atoms with Crippen molar-refractivity contribution in [3.05, 3.63) is 0 Å². The smallest absolute Gasteiger partial charge is 0.233 e. The van der Waals surface area contributed by atoms with Crippen molar-refractivity contribution in [1.29, 1.82) is 0 Å². The topological polar surface area (TPSA) is 55.1 Å². The van der Waals surface area contributed by atoms with Crippen molar-refractivity contribution < 1.29 is 4.79 Å². The quantitative estimate of drug-likeness (QED) is 0.742. The third-order valence-corrected chi connectivity index (χ3v) is 3.61. The molecule has 1 aliphatic carbocycles. The highest BCUT2D eigenvalue weighted by molar-refractivity contribution is 5.77. The number of hydrogen-bond donors (Lipinski definition) is 2. The van der Waals surface area contributed by atoms with Crippen LogP contribution >= 0.6 is 0 Å². The molecule has 0 bridgehead atoms. The van der Waals surface area contributed by atoms with Crippen molar-refractivity contribution in [2.75, 3.05) is 13.1 Å². The lowest BCUT2D eigenvalue weighted by Crippen LogP contribution is -2.35. The van der Waals surface area contributed by atoms with Crippen LogP contribution in [0.3, 0.4) is 0 Å². The minimum absolute atomic E-state index is 0.0269. The van der Waals surface area contributed by atoms with Gasteiger partial charge in [-0.25, -0.2) is 0 Å². The molecule has 3 nitrogen and oxygen atoms in total. The highest BCUT2D eigenvalue weighted by Crippen LogP contribution is 2.32. The van der Waals surface area contributed by atoms with Gasteiger partial charge in [0.1, 0.15) is 0 Å². The molecule has 1 aliphatic rings. The first-order valence-corrected chi connectivity index (χ1v) is 6.10. The number of rotatable bonds is 4. The summed E-state index contributed by atoms with van der Waals surface area (Å²) in [6.45, 7) is 5.55. The summed E-state index contributed by atoms with van der Waals surface area (Å²) < 4.78 is 0. The van der Waals surface area contributed by atoms with Gasteiger partial charge in [-0.1, -0.05) is 13.8 Å². The highest BCUT2D eigenvalue weighted by atomic mass is 16.1. The summed E-state index contributed by atoms with van der Waals surface area (Å²) in [6.07, 6.45) is 5.16. The molecular formula is C12H24N2O. The summed E-state index contributed by atoms with van der Waals surface area (Å²) in [4.78, 5) is 11.0. The maximum Gasteiger partial charge on any atom is 0.233 e. The van der Waals surface area contributed by atoms with Crippen LogP contribution in [0.1, 0.15) is 39.5 Å². The number of hydrogen-bond acceptors (Lipinski definition) is 2. The van der Waals surface area contributed by atoms with Crippen LogP contribution in [0.5, 0.6) is 0 Å². The Hall–Kier alpha value is -0.570. The standard InChI is InChI=1S/C12H24N2O/c1-9(2)11-5-3-10(4-6-11)8-14-12(15)7-13/h9-11H,3-8,13H2,1-2H3,(H,14,15). The van der Waals surface area contributed by atoms with Gasteiger partial charge in [0, 0.05) is 6.54 Å². The lowest BCUT2D eigenvalue weighted by molar-refractivity contribution is -0.119. The SMILES string of the molecule is CC(C)C1CCC(CNC(=O)CN)CC1. The second-order valence-corrected chi connectivity index (χ2v) is 5.03. The summed E-state index contributed by atoms with van der Waals surface area (Å²) in [5, 5.41) is 2.88. The van der Waals surface area contributed by atoms with Crippen molar-refractivity contribution in [1.82, 2.24) is 5.32 Å². The Labute approximate surface area is 92.8 Å². The molecule has 1 saturated carbocycles. The Kier molecular flexibility index (Phi) is 5.09. The summed E-state index contributed by atoms with van der Waals surface area (Å²) in [5.74, 6) is 2.35.